The van der Waals surface area contributed by atoms with Crippen molar-refractivity contribution in [2.75, 3.05) is 24.9 Å². The highest BCUT2D eigenvalue weighted by Crippen LogP contribution is 2.31. The second-order valence-corrected chi connectivity index (χ2v) is 14.8. The molecule has 4 rings (SSSR count). The van der Waals surface area contributed by atoms with Crippen LogP contribution in [-0.2, 0) is 36.6 Å². The summed E-state index contributed by atoms with van der Waals surface area (Å²) in [6.07, 6.45) is -0.272. The maximum atomic E-state index is 12.5. The Morgan fingerprint density at radius 3 is 1.36 bits per heavy atom. The van der Waals surface area contributed by atoms with Crippen molar-refractivity contribution in [2.24, 2.45) is 5.73 Å². The van der Waals surface area contributed by atoms with Crippen LogP contribution >= 0.6 is 58.8 Å². The van der Waals surface area contributed by atoms with Crippen LogP contribution in [0.3, 0.4) is 0 Å². The molecule has 0 saturated heterocycles. The summed E-state index contributed by atoms with van der Waals surface area (Å²) in [4.78, 5) is 60.3. The predicted octanol–water partition coefficient (Wildman–Crippen LogP) is 7.98. The van der Waals surface area contributed by atoms with Crippen molar-refractivity contribution in [2.45, 2.75) is 51.3 Å². The fourth-order valence-electron chi connectivity index (χ4n) is 4.90. The van der Waals surface area contributed by atoms with Crippen molar-refractivity contribution in [3.05, 3.63) is 115 Å². The fraction of sp³-hybridized carbons (Fsp3) is 0.256. The molecule has 4 aromatic rings. The smallest absolute Gasteiger partial charge is 0.408 e. The van der Waals surface area contributed by atoms with E-state index in [9.17, 15) is 34.2 Å². The molecule has 4 aromatic carbocycles. The van der Waals surface area contributed by atoms with Gasteiger partial charge in [0.25, 0.3) is 11.8 Å². The number of methoxy groups -OCH3 is 2. The van der Waals surface area contributed by atoms with Crippen LogP contribution in [0.5, 0.6) is 11.5 Å². The number of ether oxygens (including phenoxy) is 3. The zero-order valence-electron chi connectivity index (χ0n) is 31.7. The van der Waals surface area contributed by atoms with Gasteiger partial charge in [0.1, 0.15) is 29.2 Å². The molecule has 7 N–H and O–H groups in total. The van der Waals surface area contributed by atoms with Gasteiger partial charge in [-0.05, 0) is 86.8 Å². The topological polar surface area (TPSA) is 216 Å². The third kappa shape index (κ3) is 15.1. The molecule has 0 saturated carbocycles. The molecule has 0 aliphatic rings. The molecule has 2 atom stereocenters. The van der Waals surface area contributed by atoms with Crippen molar-refractivity contribution in [3.63, 3.8) is 0 Å². The van der Waals surface area contributed by atoms with E-state index in [1.165, 1.54) is 38.5 Å². The average Bonchev–Trinajstić information content (AvgIpc) is 3.10. The number of rotatable bonds is 11. The van der Waals surface area contributed by atoms with Gasteiger partial charge in [-0.15, -0.1) is 12.4 Å². The van der Waals surface area contributed by atoms with Gasteiger partial charge in [-0.3, -0.25) is 14.4 Å². The lowest BCUT2D eigenvalue weighted by atomic mass is 10.1. The fourth-order valence-corrected chi connectivity index (χ4v) is 6.19. The number of carbonyl (C=O) groups excluding carboxylic acids is 5. The van der Waals surface area contributed by atoms with E-state index in [1.54, 1.807) is 69.3 Å². The van der Waals surface area contributed by atoms with Crippen LogP contribution in [0, 0.1) is 0 Å². The van der Waals surface area contributed by atoms with E-state index in [-0.39, 0.29) is 61.5 Å². The largest absolute Gasteiger partial charge is 0.508 e. The maximum Gasteiger partial charge on any atom is 0.408 e. The van der Waals surface area contributed by atoms with Crippen molar-refractivity contribution in [1.82, 2.24) is 5.32 Å². The van der Waals surface area contributed by atoms with E-state index in [0.29, 0.717) is 23.4 Å². The van der Waals surface area contributed by atoms with Gasteiger partial charge in [0, 0.05) is 17.8 Å². The van der Waals surface area contributed by atoms with Crippen LogP contribution in [-0.4, -0.2) is 72.0 Å². The summed E-state index contributed by atoms with van der Waals surface area (Å²) in [6.45, 7) is 5.14. The Balaban J connectivity index is 0.000000405. The lowest BCUT2D eigenvalue weighted by molar-refractivity contribution is -0.143. The van der Waals surface area contributed by atoms with E-state index in [1.807, 2.05) is 0 Å². The van der Waals surface area contributed by atoms with E-state index >= 15 is 0 Å². The number of carbonyl (C=O) groups is 5. The number of nitrogens with one attached hydrogen (secondary N) is 3. The first-order chi connectivity index (χ1) is 26.7. The Morgan fingerprint density at radius 2 is 1.02 bits per heavy atom. The number of aromatic hydroxyl groups is 2. The van der Waals surface area contributed by atoms with Crippen LogP contribution in [0.25, 0.3) is 0 Å². The standard InChI is InChI=1S/C22H24Cl2N2O6.C17H16Cl2N2O4.ClH/c1-22(2,3)32-21(30)26-17(20(29)31-4)9-12-5-7-13(8-6-12)25-19(28)18-15(23)10-14(27)11-16(18)24;1-25-17(24)14(20)6-9-2-4-10(5-3-9)21-16(23)15-12(18)7-11(22)8-13(15)19;/h5-8,10-11,17,27H,9H2,1-4H3,(H,25,28)(H,26,30);2-5,7-8,14,22H,6,20H2,1H3,(H,21,23);1H/t17-;14-;/m00./s1. The zero-order valence-corrected chi connectivity index (χ0v) is 35.5. The van der Waals surface area contributed by atoms with Gasteiger partial charge in [0.15, 0.2) is 0 Å². The van der Waals surface area contributed by atoms with Gasteiger partial charge in [0.05, 0.1) is 45.4 Å². The molecular formula is C39H41Cl5N4O10. The van der Waals surface area contributed by atoms with Crippen molar-refractivity contribution < 1.29 is 48.4 Å². The van der Waals surface area contributed by atoms with E-state index in [2.05, 4.69) is 20.7 Å². The highest BCUT2D eigenvalue weighted by atomic mass is 35.5. The van der Waals surface area contributed by atoms with Crippen LogP contribution in [0.4, 0.5) is 16.2 Å². The molecule has 58 heavy (non-hydrogen) atoms. The molecular weight excluding hydrogens is 862 g/mol. The summed E-state index contributed by atoms with van der Waals surface area (Å²) < 4.78 is 14.5. The second-order valence-electron chi connectivity index (χ2n) is 13.1. The summed E-state index contributed by atoms with van der Waals surface area (Å²) >= 11 is 23.9. The molecule has 3 amide bonds. The number of anilines is 2. The second kappa shape index (κ2) is 22.3. The number of halogens is 5. The molecule has 0 spiro atoms. The molecule has 0 bridgehead atoms. The van der Waals surface area contributed by atoms with Crippen LogP contribution < -0.4 is 21.7 Å². The number of alkyl carbamates (subject to hydrolysis) is 1. The molecule has 0 heterocycles. The first kappa shape index (κ1) is 49.2. The van der Waals surface area contributed by atoms with Gasteiger partial charge in [-0.2, -0.15) is 0 Å². The number of phenols is 2. The number of hydrogen-bond donors (Lipinski definition) is 6. The normalized spacial score (nSPS) is 11.6. The van der Waals surface area contributed by atoms with Crippen molar-refractivity contribution in [3.8, 4) is 11.5 Å². The molecule has 312 valence electrons. The van der Waals surface area contributed by atoms with Crippen molar-refractivity contribution >= 4 is 100 Å². The molecule has 19 heteroatoms. The summed E-state index contributed by atoms with van der Waals surface area (Å²) in [7, 11) is 2.50. The van der Waals surface area contributed by atoms with Gasteiger partial charge in [-0.25, -0.2) is 9.59 Å². The number of phenolic OH excluding ortho intramolecular Hbond substituents is 2. The molecule has 0 aliphatic carbocycles. The van der Waals surface area contributed by atoms with Gasteiger partial charge in [0.2, 0.25) is 0 Å². The minimum absolute atomic E-state index is 0. The predicted molar refractivity (Wildman–Crippen MR) is 225 cm³/mol. The summed E-state index contributed by atoms with van der Waals surface area (Å²) in [5.74, 6) is -2.45. The lowest BCUT2D eigenvalue weighted by Gasteiger charge is -2.22. The molecule has 0 radical (unpaired) electrons. The Labute approximate surface area is 360 Å². The third-order valence-electron chi connectivity index (χ3n) is 7.51. The minimum atomic E-state index is -0.954. The highest BCUT2D eigenvalue weighted by molar-refractivity contribution is 6.41. The SMILES string of the molecule is COC(=O)[C@@H](N)Cc1ccc(NC(=O)c2c(Cl)cc(O)cc2Cl)cc1.COC(=O)[C@H](Cc1ccc(NC(=O)c2c(Cl)cc(O)cc2Cl)cc1)NC(=O)OC(C)(C)C.Cl. The number of esters is 2. The average molecular weight is 903 g/mol. The van der Waals surface area contributed by atoms with Crippen molar-refractivity contribution in [1.29, 1.82) is 0 Å². The van der Waals surface area contributed by atoms with E-state index < -0.39 is 47.5 Å². The Morgan fingerprint density at radius 1 is 0.655 bits per heavy atom. The third-order valence-corrected chi connectivity index (χ3v) is 8.70. The first-order valence-corrected chi connectivity index (χ1v) is 18.3. The van der Waals surface area contributed by atoms with Gasteiger partial charge < -0.3 is 46.1 Å². The van der Waals surface area contributed by atoms with Gasteiger partial charge in [-0.1, -0.05) is 70.7 Å². The monoisotopic (exact) mass is 900 g/mol. The summed E-state index contributed by atoms with van der Waals surface area (Å²) in [5, 5.41) is 26.8. The molecule has 0 fully saturated rings. The molecule has 0 aromatic heterocycles. The Hall–Kier alpha value is -4.96. The molecule has 0 aliphatic heterocycles. The van der Waals surface area contributed by atoms with E-state index in [0.717, 1.165) is 5.56 Å². The number of benzene rings is 4. The van der Waals surface area contributed by atoms with E-state index in [4.69, 9.17) is 61.6 Å². The van der Waals surface area contributed by atoms with Gasteiger partial charge >= 0.3 is 18.0 Å². The summed E-state index contributed by atoms with van der Waals surface area (Å²) in [5.41, 5.74) is 7.58. The Bertz CT molecular complexity index is 2050. The summed E-state index contributed by atoms with van der Waals surface area (Å²) in [6, 6.07) is 16.6. The van der Waals surface area contributed by atoms with Crippen LogP contribution in [0.1, 0.15) is 52.6 Å². The zero-order chi connectivity index (χ0) is 42.6. The number of hydrogen-bond acceptors (Lipinski definition) is 11. The molecule has 0 unspecified atom stereocenters. The minimum Gasteiger partial charge on any atom is -0.508 e. The quantitative estimate of drug-likeness (QED) is 0.0627. The van der Waals surface area contributed by atoms with Crippen LogP contribution in [0.2, 0.25) is 20.1 Å². The number of amides is 3. The molecule has 14 nitrogen and oxygen atoms in total. The Kier molecular flexibility index (Phi) is 18.9. The maximum absolute atomic E-state index is 12.5. The lowest BCUT2D eigenvalue weighted by Crippen LogP contribution is -2.45. The highest BCUT2D eigenvalue weighted by Gasteiger charge is 2.26. The van der Waals surface area contributed by atoms with Crippen LogP contribution in [0.15, 0.2) is 72.8 Å². The first-order valence-electron chi connectivity index (χ1n) is 16.8. The number of nitrogens with two attached hydrogens (primary N) is 1.